The van der Waals surface area contributed by atoms with Gasteiger partial charge in [-0.3, -0.25) is 0 Å². The van der Waals surface area contributed by atoms with Crippen LogP contribution in [0.1, 0.15) is 4.88 Å². The monoisotopic (exact) mass is 123 g/mol. The smallest absolute Gasteiger partial charge is 0.197 e. The van der Waals surface area contributed by atoms with Gasteiger partial charge in [-0.05, 0) is 23.2 Å². The van der Waals surface area contributed by atoms with Crippen LogP contribution in [0.25, 0.3) is 4.85 Å². The minimum absolute atomic E-state index is 0.757. The van der Waals surface area contributed by atoms with E-state index in [0.29, 0.717) is 0 Å². The van der Waals surface area contributed by atoms with E-state index in [-0.39, 0.29) is 0 Å². The van der Waals surface area contributed by atoms with Crippen molar-refractivity contribution < 1.29 is 0 Å². The fourth-order valence-corrected chi connectivity index (χ4v) is 1.10. The van der Waals surface area contributed by atoms with Crippen molar-refractivity contribution in [3.05, 3.63) is 27.7 Å². The van der Waals surface area contributed by atoms with Crippen molar-refractivity contribution in [2.75, 3.05) is 0 Å². The van der Waals surface area contributed by atoms with Crippen LogP contribution in [-0.4, -0.2) is 0 Å². The van der Waals surface area contributed by atoms with Gasteiger partial charge in [0.1, 0.15) is 0 Å². The molecule has 0 aliphatic rings. The van der Waals surface area contributed by atoms with Crippen LogP contribution < -0.4 is 0 Å². The molecule has 0 atom stereocenters. The Labute approximate surface area is 52.4 Å². The lowest BCUT2D eigenvalue weighted by atomic mass is 10.5. The van der Waals surface area contributed by atoms with Crippen LogP contribution in [-0.2, 0) is 0 Å². The van der Waals surface area contributed by atoms with Crippen LogP contribution in [0.4, 0.5) is 5.69 Å². The van der Waals surface area contributed by atoms with E-state index in [4.69, 9.17) is 6.57 Å². The molecular weight excluding hydrogens is 118 g/mol. The molecule has 40 valence electrons. The van der Waals surface area contributed by atoms with E-state index >= 15 is 0 Å². The average molecular weight is 123 g/mol. The molecule has 1 heterocycles. The molecular formula is C6H5NS. The predicted molar refractivity (Wildman–Crippen MR) is 35.3 cm³/mol. The first kappa shape index (κ1) is 5.33. The van der Waals surface area contributed by atoms with Gasteiger partial charge in [-0.25, -0.2) is 4.85 Å². The highest BCUT2D eigenvalue weighted by molar-refractivity contribution is 7.10. The number of hydrogen-bond acceptors (Lipinski definition) is 1. The molecule has 0 unspecified atom stereocenters. The third-order valence-electron chi connectivity index (χ3n) is 0.846. The lowest BCUT2D eigenvalue weighted by molar-refractivity contribution is 1.65. The summed E-state index contributed by atoms with van der Waals surface area (Å²) in [5, 5.41) is 1.86. The highest BCUT2D eigenvalue weighted by Gasteiger charge is 1.89. The first-order valence-corrected chi connectivity index (χ1v) is 3.13. The molecule has 0 aromatic carbocycles. The molecule has 1 nitrogen and oxygen atoms in total. The Morgan fingerprint density at radius 2 is 2.50 bits per heavy atom. The second kappa shape index (κ2) is 1.97. The standard InChI is InChI=1S/C6H5NS/c1-5-3-6(7-2)4-8-5/h3-4H,1H3. The summed E-state index contributed by atoms with van der Waals surface area (Å²) in [6.07, 6.45) is 0. The molecule has 8 heavy (non-hydrogen) atoms. The Kier molecular flexibility index (Phi) is 1.32. The number of thiophene rings is 1. The summed E-state index contributed by atoms with van der Waals surface area (Å²) in [5.74, 6) is 0. The van der Waals surface area contributed by atoms with Gasteiger partial charge in [-0.2, -0.15) is 11.3 Å². The van der Waals surface area contributed by atoms with Crippen LogP contribution in [0, 0.1) is 13.5 Å². The zero-order valence-electron chi connectivity index (χ0n) is 4.51. The Morgan fingerprint density at radius 1 is 1.75 bits per heavy atom. The molecule has 0 N–H and O–H groups in total. The zero-order valence-corrected chi connectivity index (χ0v) is 5.33. The average Bonchev–Trinajstić information content (AvgIpc) is 2.14. The summed E-state index contributed by atoms with van der Waals surface area (Å²) in [6, 6.07) is 1.89. The normalized spacial score (nSPS) is 8.50. The van der Waals surface area contributed by atoms with Gasteiger partial charge >= 0.3 is 0 Å². The molecule has 0 fully saturated rings. The van der Waals surface area contributed by atoms with Crippen molar-refractivity contribution in [1.82, 2.24) is 0 Å². The van der Waals surface area contributed by atoms with Crippen molar-refractivity contribution >= 4 is 17.0 Å². The molecule has 0 spiro atoms. The molecule has 1 aromatic heterocycles. The van der Waals surface area contributed by atoms with E-state index in [9.17, 15) is 0 Å². The van der Waals surface area contributed by atoms with Crippen LogP contribution in [0.5, 0.6) is 0 Å². The third-order valence-corrected chi connectivity index (χ3v) is 1.69. The first-order valence-electron chi connectivity index (χ1n) is 2.25. The summed E-state index contributed by atoms with van der Waals surface area (Å²) in [7, 11) is 0. The summed E-state index contributed by atoms with van der Waals surface area (Å²) in [6.45, 7) is 8.59. The molecule has 1 aromatic rings. The minimum Gasteiger partial charge on any atom is -0.237 e. The van der Waals surface area contributed by atoms with Gasteiger partial charge in [0.15, 0.2) is 5.69 Å². The molecule has 0 amide bonds. The minimum atomic E-state index is 0.757. The summed E-state index contributed by atoms with van der Waals surface area (Å²) in [4.78, 5) is 4.46. The maximum atomic E-state index is 6.59. The lowest BCUT2D eigenvalue weighted by Crippen LogP contribution is -1.46. The van der Waals surface area contributed by atoms with Gasteiger partial charge in [0.25, 0.3) is 0 Å². The van der Waals surface area contributed by atoms with E-state index in [0.717, 1.165) is 5.69 Å². The van der Waals surface area contributed by atoms with Crippen molar-refractivity contribution in [1.29, 1.82) is 0 Å². The summed E-state index contributed by atoms with van der Waals surface area (Å²) < 4.78 is 0. The number of nitrogens with zero attached hydrogens (tertiary/aromatic N) is 1. The molecule has 1 rings (SSSR count). The van der Waals surface area contributed by atoms with Crippen LogP contribution in [0.3, 0.4) is 0 Å². The predicted octanol–water partition coefficient (Wildman–Crippen LogP) is 2.61. The summed E-state index contributed by atoms with van der Waals surface area (Å²) in [5.41, 5.74) is 0.757. The second-order valence-electron chi connectivity index (χ2n) is 1.53. The van der Waals surface area contributed by atoms with Crippen molar-refractivity contribution in [2.45, 2.75) is 6.92 Å². The highest BCUT2D eigenvalue weighted by Crippen LogP contribution is 2.20. The Bertz CT molecular complexity index is 219. The molecule has 2 heteroatoms. The van der Waals surface area contributed by atoms with E-state index in [1.165, 1.54) is 4.88 Å². The maximum Gasteiger partial charge on any atom is 0.197 e. The van der Waals surface area contributed by atoms with Gasteiger partial charge < -0.3 is 0 Å². The SMILES string of the molecule is [C-]#[N+]c1csc(C)c1. The second-order valence-corrected chi connectivity index (χ2v) is 2.64. The van der Waals surface area contributed by atoms with Crippen LogP contribution >= 0.6 is 11.3 Å². The third kappa shape index (κ3) is 0.877. The molecule has 0 aliphatic heterocycles. The summed E-state index contributed by atoms with van der Waals surface area (Å²) >= 11 is 1.62. The molecule has 0 aliphatic carbocycles. The molecule has 0 saturated carbocycles. The lowest BCUT2D eigenvalue weighted by Gasteiger charge is -1.69. The van der Waals surface area contributed by atoms with Crippen LogP contribution in [0.15, 0.2) is 11.4 Å². The van der Waals surface area contributed by atoms with E-state index in [1.807, 2.05) is 18.4 Å². The number of aryl methyl sites for hydroxylation is 1. The molecule has 0 saturated heterocycles. The number of hydrogen-bond donors (Lipinski definition) is 0. The first-order chi connectivity index (χ1) is 3.83. The Balaban J connectivity index is 3.05. The fourth-order valence-electron chi connectivity index (χ4n) is 0.488. The Hall–Kier alpha value is -0.810. The van der Waals surface area contributed by atoms with Gasteiger partial charge in [-0.1, -0.05) is 0 Å². The fraction of sp³-hybridized carbons (Fsp3) is 0.167. The van der Waals surface area contributed by atoms with Gasteiger partial charge in [0.05, 0.1) is 6.57 Å². The maximum absolute atomic E-state index is 6.59. The van der Waals surface area contributed by atoms with Crippen molar-refractivity contribution in [3.63, 3.8) is 0 Å². The largest absolute Gasteiger partial charge is 0.237 e. The van der Waals surface area contributed by atoms with Crippen molar-refractivity contribution in [2.24, 2.45) is 0 Å². The number of rotatable bonds is 0. The zero-order chi connectivity index (χ0) is 5.98. The van der Waals surface area contributed by atoms with Gasteiger partial charge in [-0.15, -0.1) is 0 Å². The molecule has 0 radical (unpaired) electrons. The van der Waals surface area contributed by atoms with Crippen molar-refractivity contribution in [3.8, 4) is 0 Å². The topological polar surface area (TPSA) is 4.36 Å². The van der Waals surface area contributed by atoms with E-state index in [2.05, 4.69) is 4.85 Å². The van der Waals surface area contributed by atoms with E-state index in [1.54, 1.807) is 11.3 Å². The van der Waals surface area contributed by atoms with E-state index < -0.39 is 0 Å². The molecule has 0 bridgehead atoms. The van der Waals surface area contributed by atoms with Gasteiger partial charge in [0, 0.05) is 0 Å². The quantitative estimate of drug-likeness (QED) is 0.467. The highest BCUT2D eigenvalue weighted by atomic mass is 32.1. The Morgan fingerprint density at radius 3 is 2.75 bits per heavy atom. The van der Waals surface area contributed by atoms with Gasteiger partial charge in [0.2, 0.25) is 0 Å². The van der Waals surface area contributed by atoms with Crippen LogP contribution in [0.2, 0.25) is 0 Å².